The third kappa shape index (κ3) is 3.53. The second-order valence-electron chi connectivity index (χ2n) is 8.06. The van der Waals surface area contributed by atoms with Crippen molar-refractivity contribution < 1.29 is 19.4 Å². The minimum atomic E-state index is -0.401. The van der Waals surface area contributed by atoms with Gasteiger partial charge in [-0.1, -0.05) is 12.1 Å². The van der Waals surface area contributed by atoms with Gasteiger partial charge in [-0.3, -0.25) is 9.59 Å². The van der Waals surface area contributed by atoms with Gasteiger partial charge in [-0.15, -0.1) is 0 Å². The molecule has 2 atom stereocenters. The summed E-state index contributed by atoms with van der Waals surface area (Å²) in [4.78, 5) is 37.3. The molecule has 0 spiro atoms. The van der Waals surface area contributed by atoms with Crippen LogP contribution in [0.2, 0.25) is 0 Å². The van der Waals surface area contributed by atoms with E-state index >= 15 is 0 Å². The fourth-order valence-electron chi connectivity index (χ4n) is 4.56. The molecule has 1 aromatic heterocycles. The number of ether oxygens (including phenoxy) is 1. The van der Waals surface area contributed by atoms with E-state index in [4.69, 9.17) is 4.74 Å². The Kier molecular flexibility index (Phi) is 5.12. The number of aliphatic hydroxyl groups excluding tert-OH is 1. The number of rotatable bonds is 5. The van der Waals surface area contributed by atoms with Gasteiger partial charge in [0.1, 0.15) is 5.69 Å². The fraction of sp³-hybridized carbons (Fsp3) is 0.524. The Morgan fingerprint density at radius 3 is 2.45 bits per heavy atom. The van der Waals surface area contributed by atoms with E-state index in [9.17, 15) is 14.7 Å². The number of nitrogens with zero attached hydrogens (tertiary/aromatic N) is 4. The van der Waals surface area contributed by atoms with E-state index in [1.165, 1.54) is 0 Å². The maximum atomic E-state index is 12.9. The van der Waals surface area contributed by atoms with Crippen LogP contribution < -0.4 is 4.74 Å². The van der Waals surface area contributed by atoms with Crippen LogP contribution in [-0.2, 0) is 16.0 Å². The Balaban J connectivity index is 1.44. The molecule has 29 heavy (non-hydrogen) atoms. The monoisotopic (exact) mass is 398 g/mol. The largest absolute Gasteiger partial charge is 0.480 e. The second-order valence-corrected chi connectivity index (χ2v) is 8.06. The molecule has 0 bridgehead atoms. The number of aryl methyl sites for hydroxylation is 1. The van der Waals surface area contributed by atoms with Crippen LogP contribution in [0.4, 0.5) is 0 Å². The molecule has 0 radical (unpaired) electrons. The molecule has 0 unspecified atom stereocenters. The van der Waals surface area contributed by atoms with Gasteiger partial charge in [-0.2, -0.15) is 0 Å². The fourth-order valence-corrected chi connectivity index (χ4v) is 4.56. The first-order chi connectivity index (χ1) is 14.0. The van der Waals surface area contributed by atoms with Crippen molar-refractivity contribution in [3.8, 4) is 5.88 Å². The molecule has 2 fully saturated rings. The van der Waals surface area contributed by atoms with Crippen LogP contribution in [0.3, 0.4) is 0 Å². The SMILES string of the molecule is COc1nc2ccccc2nc1CCC(=O)N1C[C@H]2CN(C(C)=O)C[C@@]2(CO)C1. The van der Waals surface area contributed by atoms with Crippen LogP contribution in [0, 0.1) is 11.3 Å². The highest BCUT2D eigenvalue weighted by atomic mass is 16.5. The van der Waals surface area contributed by atoms with Gasteiger partial charge in [0.25, 0.3) is 0 Å². The summed E-state index contributed by atoms with van der Waals surface area (Å²) in [6.45, 7) is 3.70. The van der Waals surface area contributed by atoms with Crippen molar-refractivity contribution in [1.29, 1.82) is 0 Å². The Hall–Kier alpha value is -2.74. The van der Waals surface area contributed by atoms with Crippen LogP contribution >= 0.6 is 0 Å². The van der Waals surface area contributed by atoms with Gasteiger partial charge in [0.05, 0.1) is 24.8 Å². The van der Waals surface area contributed by atoms with Crippen molar-refractivity contribution in [2.75, 3.05) is 39.9 Å². The van der Waals surface area contributed by atoms with Gasteiger partial charge in [0.2, 0.25) is 17.7 Å². The molecular weight excluding hydrogens is 372 g/mol. The summed E-state index contributed by atoms with van der Waals surface area (Å²) in [6, 6.07) is 7.57. The summed E-state index contributed by atoms with van der Waals surface area (Å²) in [5.41, 5.74) is 1.79. The van der Waals surface area contributed by atoms with Gasteiger partial charge in [-0.25, -0.2) is 9.97 Å². The lowest BCUT2D eigenvalue weighted by molar-refractivity contribution is -0.131. The Morgan fingerprint density at radius 2 is 1.83 bits per heavy atom. The van der Waals surface area contributed by atoms with Crippen LogP contribution in [0.25, 0.3) is 11.0 Å². The average molecular weight is 398 g/mol. The number of amides is 2. The summed E-state index contributed by atoms with van der Waals surface area (Å²) in [5, 5.41) is 9.99. The van der Waals surface area contributed by atoms with E-state index in [-0.39, 0.29) is 24.3 Å². The molecule has 2 amide bonds. The number of hydrogen-bond acceptors (Lipinski definition) is 6. The minimum absolute atomic E-state index is 0.0187. The molecule has 1 N–H and O–H groups in total. The third-order valence-electron chi connectivity index (χ3n) is 6.25. The van der Waals surface area contributed by atoms with Crippen LogP contribution in [0.15, 0.2) is 24.3 Å². The third-order valence-corrected chi connectivity index (χ3v) is 6.25. The quantitative estimate of drug-likeness (QED) is 0.803. The number of carbonyl (C=O) groups is 2. The zero-order valence-electron chi connectivity index (χ0n) is 16.8. The van der Waals surface area contributed by atoms with Crippen molar-refractivity contribution in [2.24, 2.45) is 11.3 Å². The number of fused-ring (bicyclic) bond motifs is 2. The van der Waals surface area contributed by atoms with E-state index < -0.39 is 5.41 Å². The second kappa shape index (κ2) is 7.59. The lowest BCUT2D eigenvalue weighted by Crippen LogP contribution is -2.40. The van der Waals surface area contributed by atoms with Crippen molar-refractivity contribution in [1.82, 2.24) is 19.8 Å². The number of para-hydroxylation sites is 2. The summed E-state index contributed by atoms with van der Waals surface area (Å²) in [6.07, 6.45) is 0.737. The van der Waals surface area contributed by atoms with Crippen molar-refractivity contribution in [3.63, 3.8) is 0 Å². The highest BCUT2D eigenvalue weighted by molar-refractivity contribution is 5.78. The lowest BCUT2D eigenvalue weighted by Gasteiger charge is -2.27. The number of aromatic nitrogens is 2. The first kappa shape index (κ1) is 19.6. The van der Waals surface area contributed by atoms with Gasteiger partial charge in [0.15, 0.2) is 0 Å². The zero-order valence-corrected chi connectivity index (χ0v) is 16.8. The molecule has 8 nitrogen and oxygen atoms in total. The molecule has 2 aromatic rings. The Bertz CT molecular complexity index is 949. The number of methoxy groups -OCH3 is 1. The van der Waals surface area contributed by atoms with Crippen molar-refractivity contribution in [3.05, 3.63) is 30.0 Å². The highest BCUT2D eigenvalue weighted by Gasteiger charge is 2.53. The summed E-state index contributed by atoms with van der Waals surface area (Å²) >= 11 is 0. The number of hydrogen-bond donors (Lipinski definition) is 1. The molecule has 2 saturated heterocycles. The minimum Gasteiger partial charge on any atom is -0.480 e. The van der Waals surface area contributed by atoms with E-state index in [0.717, 1.165) is 11.0 Å². The molecule has 3 heterocycles. The zero-order chi connectivity index (χ0) is 20.6. The molecular formula is C21H26N4O4. The van der Waals surface area contributed by atoms with E-state index in [2.05, 4.69) is 9.97 Å². The summed E-state index contributed by atoms with van der Waals surface area (Å²) in [5.74, 6) is 0.611. The maximum absolute atomic E-state index is 12.9. The molecule has 1 aromatic carbocycles. The Labute approximate surface area is 169 Å². The molecule has 0 saturated carbocycles. The molecule has 8 heteroatoms. The first-order valence-electron chi connectivity index (χ1n) is 9.89. The Morgan fingerprint density at radius 1 is 1.17 bits per heavy atom. The number of carbonyl (C=O) groups excluding carboxylic acids is 2. The predicted octanol–water partition coefficient (Wildman–Crippen LogP) is 0.870. The molecule has 4 rings (SSSR count). The van der Waals surface area contributed by atoms with Crippen LogP contribution in [0.1, 0.15) is 19.0 Å². The molecule has 2 aliphatic heterocycles. The van der Waals surface area contributed by atoms with E-state index in [1.54, 1.807) is 18.9 Å². The first-order valence-corrected chi connectivity index (χ1v) is 9.89. The van der Waals surface area contributed by atoms with Crippen LogP contribution in [0.5, 0.6) is 5.88 Å². The normalized spacial score (nSPS) is 23.5. The highest BCUT2D eigenvalue weighted by Crippen LogP contribution is 2.42. The lowest BCUT2D eigenvalue weighted by atomic mass is 9.82. The van der Waals surface area contributed by atoms with Crippen molar-refractivity contribution >= 4 is 22.8 Å². The summed E-state index contributed by atoms with van der Waals surface area (Å²) < 4.78 is 5.37. The van der Waals surface area contributed by atoms with Gasteiger partial charge < -0.3 is 19.6 Å². The molecule has 0 aliphatic carbocycles. The topological polar surface area (TPSA) is 95.9 Å². The smallest absolute Gasteiger partial charge is 0.235 e. The standard InChI is InChI=1S/C21H26N4O4/c1-14(27)24-9-15-10-25(12-21(15,11-24)13-26)19(28)8-7-18-20(29-2)23-17-6-4-3-5-16(17)22-18/h3-6,15,26H,7-13H2,1-2H3/t15-,21+/m1/s1. The molecule has 2 aliphatic rings. The van der Waals surface area contributed by atoms with Gasteiger partial charge in [-0.05, 0) is 12.1 Å². The number of benzene rings is 1. The predicted molar refractivity (Wildman–Crippen MR) is 106 cm³/mol. The number of aliphatic hydroxyl groups is 1. The average Bonchev–Trinajstić information content (AvgIpc) is 3.26. The van der Waals surface area contributed by atoms with Gasteiger partial charge in [0, 0.05) is 57.3 Å². The van der Waals surface area contributed by atoms with Crippen molar-refractivity contribution in [2.45, 2.75) is 19.8 Å². The number of likely N-dealkylation sites (tertiary alicyclic amines) is 2. The summed E-state index contributed by atoms with van der Waals surface area (Å²) in [7, 11) is 1.55. The van der Waals surface area contributed by atoms with E-state index in [0.29, 0.717) is 50.6 Å². The van der Waals surface area contributed by atoms with E-state index in [1.807, 2.05) is 29.2 Å². The van der Waals surface area contributed by atoms with Crippen LogP contribution in [-0.4, -0.2) is 76.6 Å². The van der Waals surface area contributed by atoms with Gasteiger partial charge >= 0.3 is 0 Å². The molecule has 154 valence electrons. The maximum Gasteiger partial charge on any atom is 0.235 e.